The average Bonchev–Trinajstić information content (AvgIpc) is 2.59. The summed E-state index contributed by atoms with van der Waals surface area (Å²) >= 11 is 0. The molecule has 3 fully saturated rings. The van der Waals surface area contributed by atoms with Gasteiger partial charge in [0.05, 0.1) is 12.0 Å². The van der Waals surface area contributed by atoms with Crippen molar-refractivity contribution in [1.82, 2.24) is 0 Å². The van der Waals surface area contributed by atoms with E-state index in [-0.39, 0.29) is 10.8 Å². The third-order valence-electron chi connectivity index (χ3n) is 4.79. The Kier molecular flexibility index (Phi) is 1.49. The highest BCUT2D eigenvalue weighted by molar-refractivity contribution is 5.81. The fourth-order valence-electron chi connectivity index (χ4n) is 3.84. The van der Waals surface area contributed by atoms with Crippen LogP contribution in [0.1, 0.15) is 30.4 Å². The quantitative estimate of drug-likeness (QED) is 0.846. The van der Waals surface area contributed by atoms with Gasteiger partial charge in [-0.1, -0.05) is 12.1 Å². The van der Waals surface area contributed by atoms with Crippen LogP contribution in [0.3, 0.4) is 0 Å². The van der Waals surface area contributed by atoms with Gasteiger partial charge in [-0.2, -0.15) is 0 Å². The summed E-state index contributed by atoms with van der Waals surface area (Å²) in [6.07, 6.45) is 3.47. The summed E-state index contributed by atoms with van der Waals surface area (Å²) in [5.74, 6) is 0.400. The van der Waals surface area contributed by atoms with E-state index in [0.717, 1.165) is 38.0 Å². The van der Waals surface area contributed by atoms with Crippen LogP contribution < -0.4 is 4.74 Å². The van der Waals surface area contributed by atoms with Crippen LogP contribution in [0.4, 0.5) is 0 Å². The zero-order valence-corrected chi connectivity index (χ0v) is 9.53. The minimum atomic E-state index is -0.608. The summed E-state index contributed by atoms with van der Waals surface area (Å²) in [6, 6.07) is 6.40. The Balaban J connectivity index is 1.64. The standard InChI is InChI=1S/C14H14O3/c15-12(16)14-6-13(7-14,8-14)10-1-2-11-9(5-10)3-4-17-11/h1-2,5H,3-4,6-8H2,(H,15,16). The molecule has 1 N–H and O–H groups in total. The summed E-state index contributed by atoms with van der Waals surface area (Å²) in [7, 11) is 0. The third-order valence-corrected chi connectivity index (χ3v) is 4.79. The SMILES string of the molecule is O=C(O)C12CC(c3ccc4c(c3)CCO4)(C1)C2. The smallest absolute Gasteiger partial charge is 0.309 e. The Morgan fingerprint density at radius 3 is 2.76 bits per heavy atom. The third kappa shape index (κ3) is 1.00. The molecule has 3 heteroatoms. The number of ether oxygens (including phenoxy) is 1. The number of carboxylic acids is 1. The molecule has 3 saturated carbocycles. The van der Waals surface area contributed by atoms with Gasteiger partial charge >= 0.3 is 5.97 Å². The van der Waals surface area contributed by atoms with Crippen LogP contribution in [0, 0.1) is 5.41 Å². The molecule has 4 aliphatic rings. The highest BCUT2D eigenvalue weighted by atomic mass is 16.5. The van der Waals surface area contributed by atoms with E-state index >= 15 is 0 Å². The molecular formula is C14H14O3. The van der Waals surface area contributed by atoms with E-state index in [2.05, 4.69) is 12.1 Å². The second kappa shape index (κ2) is 2.66. The molecule has 1 heterocycles. The van der Waals surface area contributed by atoms with Gasteiger partial charge < -0.3 is 9.84 Å². The molecule has 0 aromatic heterocycles. The van der Waals surface area contributed by atoms with Gasteiger partial charge in [-0.05, 0) is 41.9 Å². The van der Waals surface area contributed by atoms with E-state index in [1.807, 2.05) is 6.07 Å². The van der Waals surface area contributed by atoms with Crippen molar-refractivity contribution in [3.8, 4) is 5.75 Å². The van der Waals surface area contributed by atoms with Gasteiger partial charge in [0, 0.05) is 6.42 Å². The number of benzene rings is 1. The number of rotatable bonds is 2. The maximum atomic E-state index is 11.1. The Morgan fingerprint density at radius 2 is 2.06 bits per heavy atom. The lowest BCUT2D eigenvalue weighted by molar-refractivity contribution is -0.194. The molecule has 3 nitrogen and oxygen atoms in total. The number of hydrogen-bond acceptors (Lipinski definition) is 2. The molecule has 0 spiro atoms. The molecule has 1 aliphatic heterocycles. The Labute approximate surface area is 99.4 Å². The maximum Gasteiger partial charge on any atom is 0.309 e. The molecule has 0 saturated heterocycles. The number of aliphatic carboxylic acids is 1. The van der Waals surface area contributed by atoms with E-state index in [4.69, 9.17) is 9.84 Å². The van der Waals surface area contributed by atoms with Crippen molar-refractivity contribution in [3.05, 3.63) is 29.3 Å². The van der Waals surface area contributed by atoms with Crippen LogP contribution in [-0.2, 0) is 16.6 Å². The normalized spacial score (nSPS) is 36.5. The van der Waals surface area contributed by atoms with Crippen molar-refractivity contribution in [2.24, 2.45) is 5.41 Å². The maximum absolute atomic E-state index is 11.1. The summed E-state index contributed by atoms with van der Waals surface area (Å²) in [4.78, 5) is 11.1. The lowest BCUT2D eigenvalue weighted by Crippen LogP contribution is -2.67. The van der Waals surface area contributed by atoms with E-state index in [9.17, 15) is 4.79 Å². The molecule has 1 aromatic carbocycles. The monoisotopic (exact) mass is 230 g/mol. The average molecular weight is 230 g/mol. The minimum absolute atomic E-state index is 0.177. The van der Waals surface area contributed by atoms with Crippen molar-refractivity contribution in [2.75, 3.05) is 6.61 Å². The fraction of sp³-hybridized carbons (Fsp3) is 0.500. The van der Waals surface area contributed by atoms with E-state index < -0.39 is 5.97 Å². The van der Waals surface area contributed by atoms with E-state index in [0.29, 0.717) is 0 Å². The molecule has 5 rings (SSSR count). The zero-order chi connectivity index (χ0) is 11.7. The summed E-state index contributed by atoms with van der Waals surface area (Å²) in [5, 5.41) is 9.13. The summed E-state index contributed by atoms with van der Waals surface area (Å²) < 4.78 is 5.49. The zero-order valence-electron chi connectivity index (χ0n) is 9.53. The highest BCUT2D eigenvalue weighted by Crippen LogP contribution is 2.73. The molecular weight excluding hydrogens is 216 g/mol. The van der Waals surface area contributed by atoms with Crippen molar-refractivity contribution < 1.29 is 14.6 Å². The molecule has 0 atom stereocenters. The lowest BCUT2D eigenvalue weighted by Gasteiger charge is -2.68. The van der Waals surface area contributed by atoms with Crippen LogP contribution in [0.2, 0.25) is 0 Å². The second-order valence-corrected chi connectivity index (χ2v) is 5.82. The van der Waals surface area contributed by atoms with Crippen LogP contribution in [0.25, 0.3) is 0 Å². The first-order chi connectivity index (χ1) is 8.14. The van der Waals surface area contributed by atoms with Gasteiger partial charge in [0.1, 0.15) is 5.75 Å². The lowest BCUT2D eigenvalue weighted by atomic mass is 9.33. The van der Waals surface area contributed by atoms with Crippen molar-refractivity contribution in [2.45, 2.75) is 31.1 Å². The van der Waals surface area contributed by atoms with Gasteiger partial charge in [-0.25, -0.2) is 0 Å². The van der Waals surface area contributed by atoms with E-state index in [1.165, 1.54) is 11.1 Å². The second-order valence-electron chi connectivity index (χ2n) is 5.82. The minimum Gasteiger partial charge on any atom is -0.493 e. The number of carbonyl (C=O) groups is 1. The Bertz CT molecular complexity index is 512. The molecule has 88 valence electrons. The van der Waals surface area contributed by atoms with Crippen LogP contribution in [-0.4, -0.2) is 17.7 Å². The van der Waals surface area contributed by atoms with Crippen molar-refractivity contribution >= 4 is 5.97 Å². The number of hydrogen-bond donors (Lipinski definition) is 1. The van der Waals surface area contributed by atoms with Crippen molar-refractivity contribution in [3.63, 3.8) is 0 Å². The van der Waals surface area contributed by atoms with Gasteiger partial charge in [-0.15, -0.1) is 0 Å². The molecule has 0 amide bonds. The van der Waals surface area contributed by atoms with Gasteiger partial charge in [-0.3, -0.25) is 4.79 Å². The summed E-state index contributed by atoms with van der Waals surface area (Å²) in [5.41, 5.74) is 2.41. The van der Waals surface area contributed by atoms with Crippen LogP contribution in [0.5, 0.6) is 5.75 Å². The fourth-order valence-corrected chi connectivity index (χ4v) is 3.84. The molecule has 17 heavy (non-hydrogen) atoms. The van der Waals surface area contributed by atoms with Gasteiger partial charge in [0.2, 0.25) is 0 Å². The predicted molar refractivity (Wildman–Crippen MR) is 61.2 cm³/mol. The number of carboxylic acid groups (broad SMARTS) is 1. The molecule has 3 aliphatic carbocycles. The Hall–Kier alpha value is -1.51. The van der Waals surface area contributed by atoms with Crippen molar-refractivity contribution in [1.29, 1.82) is 0 Å². The topological polar surface area (TPSA) is 46.5 Å². The number of fused-ring (bicyclic) bond motifs is 1. The molecule has 0 radical (unpaired) electrons. The highest BCUT2D eigenvalue weighted by Gasteiger charge is 2.72. The molecule has 1 aromatic rings. The largest absolute Gasteiger partial charge is 0.493 e. The summed E-state index contributed by atoms with van der Waals surface area (Å²) in [6.45, 7) is 0.783. The van der Waals surface area contributed by atoms with Crippen LogP contribution in [0.15, 0.2) is 18.2 Å². The Morgan fingerprint density at radius 1 is 1.29 bits per heavy atom. The first kappa shape index (κ1) is 9.51. The first-order valence-corrected chi connectivity index (χ1v) is 6.13. The molecule has 0 unspecified atom stereocenters. The predicted octanol–water partition coefficient (Wildman–Crippen LogP) is 2.13. The van der Waals surface area contributed by atoms with Gasteiger partial charge in [0.15, 0.2) is 0 Å². The van der Waals surface area contributed by atoms with E-state index in [1.54, 1.807) is 0 Å². The van der Waals surface area contributed by atoms with Gasteiger partial charge in [0.25, 0.3) is 0 Å². The molecule has 2 bridgehead atoms. The van der Waals surface area contributed by atoms with Crippen LogP contribution >= 0.6 is 0 Å². The first-order valence-electron chi connectivity index (χ1n) is 6.13.